The second kappa shape index (κ2) is 10.0. The molecule has 8 nitrogen and oxygen atoms in total. The highest BCUT2D eigenvalue weighted by Crippen LogP contribution is 2.23. The molecule has 0 saturated heterocycles. The van der Waals surface area contributed by atoms with Crippen LogP contribution < -0.4 is 14.8 Å². The number of para-hydroxylation sites is 1. The number of aryl methyl sites for hydroxylation is 1. The van der Waals surface area contributed by atoms with Crippen LogP contribution in [0, 0.1) is 0 Å². The fraction of sp³-hybridized carbons (Fsp3) is 0.174. The highest BCUT2D eigenvalue weighted by Gasteiger charge is 2.12. The fourth-order valence-corrected chi connectivity index (χ4v) is 3.10. The Balaban J connectivity index is 1.28. The van der Waals surface area contributed by atoms with Gasteiger partial charge in [-0.15, -0.1) is 0 Å². The van der Waals surface area contributed by atoms with Crippen LogP contribution in [-0.2, 0) is 19.9 Å². The third-order valence-corrected chi connectivity index (χ3v) is 4.96. The molecule has 2 aromatic heterocycles. The van der Waals surface area contributed by atoms with E-state index in [1.807, 2.05) is 36.4 Å². The van der Waals surface area contributed by atoms with Gasteiger partial charge in [0.2, 0.25) is 0 Å². The second-order valence-electron chi connectivity index (χ2n) is 6.94. The molecule has 164 valence electrons. The van der Waals surface area contributed by atoms with Gasteiger partial charge in [-0.05, 0) is 42.3 Å². The lowest BCUT2D eigenvalue weighted by Gasteiger charge is -2.07. The molecule has 0 bridgehead atoms. The third-order valence-electron chi connectivity index (χ3n) is 4.65. The number of halogens is 1. The lowest BCUT2D eigenvalue weighted by atomic mass is 10.2. The average molecular weight is 452 g/mol. The number of hydrogen-bond acceptors (Lipinski definition) is 5. The quantitative estimate of drug-likeness (QED) is 0.401. The summed E-state index contributed by atoms with van der Waals surface area (Å²) in [6.07, 6.45) is 5.89. The van der Waals surface area contributed by atoms with Gasteiger partial charge in [-0.25, -0.2) is 9.36 Å². The van der Waals surface area contributed by atoms with Gasteiger partial charge in [0.05, 0.1) is 23.1 Å². The number of ether oxygens (including phenoxy) is 2. The van der Waals surface area contributed by atoms with Gasteiger partial charge in [0.15, 0.2) is 19.2 Å². The van der Waals surface area contributed by atoms with Crippen LogP contribution in [0.3, 0.4) is 0 Å². The second-order valence-corrected chi connectivity index (χ2v) is 7.35. The molecule has 2 aromatic carbocycles. The number of aromatic nitrogens is 4. The van der Waals surface area contributed by atoms with E-state index in [0.717, 1.165) is 12.2 Å². The number of rotatable bonds is 9. The molecular formula is C23H22ClN5O3. The maximum atomic E-state index is 12.5. The van der Waals surface area contributed by atoms with Crippen LogP contribution in [0.25, 0.3) is 0 Å². The number of nitrogens with zero attached hydrogens (tertiary/aromatic N) is 4. The summed E-state index contributed by atoms with van der Waals surface area (Å²) in [6.45, 7) is 2.47. The van der Waals surface area contributed by atoms with Crippen LogP contribution in [0.15, 0.2) is 73.2 Å². The molecule has 0 spiro atoms. The van der Waals surface area contributed by atoms with Gasteiger partial charge in [-0.2, -0.15) is 10.2 Å². The molecule has 4 rings (SSSR count). The topological polar surface area (TPSA) is 83.2 Å². The average Bonchev–Trinajstić information content (AvgIpc) is 3.47. The van der Waals surface area contributed by atoms with Crippen molar-refractivity contribution >= 4 is 23.2 Å². The summed E-state index contributed by atoms with van der Waals surface area (Å²) in [5.41, 5.74) is 2.05. The zero-order chi connectivity index (χ0) is 22.3. The molecule has 0 fully saturated rings. The molecular weight excluding hydrogens is 430 g/mol. The van der Waals surface area contributed by atoms with Crippen molar-refractivity contribution < 1.29 is 14.3 Å². The number of carbonyl (C=O) groups is 1. The number of hydrogen-bond donors (Lipinski definition) is 1. The predicted octanol–water partition coefficient (Wildman–Crippen LogP) is 4.62. The summed E-state index contributed by atoms with van der Waals surface area (Å²) in [6, 6.07) is 16.7. The minimum absolute atomic E-state index is 0.130. The van der Waals surface area contributed by atoms with Crippen LogP contribution in [0.1, 0.15) is 23.0 Å². The molecule has 0 aliphatic carbocycles. The molecule has 2 heterocycles. The first-order valence-corrected chi connectivity index (χ1v) is 10.4. The van der Waals surface area contributed by atoms with Crippen LogP contribution in [-0.4, -0.2) is 25.5 Å². The zero-order valence-corrected chi connectivity index (χ0v) is 18.2. The maximum Gasteiger partial charge on any atom is 0.276 e. The van der Waals surface area contributed by atoms with Crippen molar-refractivity contribution in [1.29, 1.82) is 0 Å². The van der Waals surface area contributed by atoms with Crippen molar-refractivity contribution in [2.75, 3.05) is 5.32 Å². The van der Waals surface area contributed by atoms with Crippen molar-refractivity contribution in [3.63, 3.8) is 0 Å². The number of anilines is 1. The van der Waals surface area contributed by atoms with Gasteiger partial charge in [-0.3, -0.25) is 4.79 Å². The van der Waals surface area contributed by atoms with E-state index >= 15 is 0 Å². The smallest absolute Gasteiger partial charge is 0.276 e. The Hall–Kier alpha value is -3.78. The molecule has 32 heavy (non-hydrogen) atoms. The van der Waals surface area contributed by atoms with Crippen LogP contribution >= 0.6 is 11.6 Å². The Morgan fingerprint density at radius 1 is 1.03 bits per heavy atom. The largest absolute Gasteiger partial charge is 0.471 e. The Labute approximate surface area is 190 Å². The first-order valence-electron chi connectivity index (χ1n) is 10.1. The lowest BCUT2D eigenvalue weighted by Crippen LogP contribution is -2.14. The SMILES string of the molecule is CCc1ccc(OCn2cc(NC(=O)c3ccn(COc4ccccc4Cl)n3)cn2)cc1. The highest BCUT2D eigenvalue weighted by molar-refractivity contribution is 6.32. The van der Waals surface area contributed by atoms with Crippen molar-refractivity contribution in [2.24, 2.45) is 0 Å². The van der Waals surface area contributed by atoms with Crippen molar-refractivity contribution in [1.82, 2.24) is 19.6 Å². The first-order chi connectivity index (χ1) is 15.6. The summed E-state index contributed by atoms with van der Waals surface area (Å²) < 4.78 is 14.5. The van der Waals surface area contributed by atoms with Gasteiger partial charge in [0.25, 0.3) is 5.91 Å². The minimum atomic E-state index is -0.350. The normalized spacial score (nSPS) is 10.7. The standard InChI is InChI=1S/C23H22ClN5O3/c1-2-17-7-9-19(10-8-17)31-16-29-14-18(13-25-29)26-23(30)21-11-12-28(27-21)15-32-22-6-4-3-5-20(22)24/h3-14H,2,15-16H2,1H3,(H,26,30). The van der Waals surface area contributed by atoms with Crippen LogP contribution in [0.5, 0.6) is 11.5 Å². The Morgan fingerprint density at radius 2 is 1.81 bits per heavy atom. The van der Waals surface area contributed by atoms with Crippen LogP contribution in [0.4, 0.5) is 5.69 Å². The summed E-state index contributed by atoms with van der Waals surface area (Å²) in [5.74, 6) is 0.955. The van der Waals surface area contributed by atoms with Gasteiger partial charge in [-0.1, -0.05) is 42.8 Å². The third kappa shape index (κ3) is 5.47. The molecule has 0 radical (unpaired) electrons. The molecule has 0 saturated carbocycles. The van der Waals surface area contributed by atoms with E-state index in [2.05, 4.69) is 22.4 Å². The molecule has 0 aliphatic rings. The van der Waals surface area contributed by atoms with Crippen LogP contribution in [0.2, 0.25) is 5.02 Å². The molecule has 0 unspecified atom stereocenters. The predicted molar refractivity (Wildman–Crippen MR) is 121 cm³/mol. The van der Waals surface area contributed by atoms with E-state index in [9.17, 15) is 4.79 Å². The van der Waals surface area contributed by atoms with Gasteiger partial charge >= 0.3 is 0 Å². The molecule has 0 atom stereocenters. The number of nitrogens with one attached hydrogen (secondary N) is 1. The Bertz CT molecular complexity index is 1190. The Morgan fingerprint density at radius 3 is 2.59 bits per heavy atom. The van der Waals surface area contributed by atoms with Crippen molar-refractivity contribution in [3.05, 3.63) is 89.5 Å². The number of carbonyl (C=O) groups excluding carboxylic acids is 1. The monoisotopic (exact) mass is 451 g/mol. The summed E-state index contributed by atoms with van der Waals surface area (Å²) in [4.78, 5) is 12.5. The first kappa shape index (κ1) is 21.5. The summed E-state index contributed by atoms with van der Waals surface area (Å²) in [5, 5.41) is 11.7. The molecule has 0 aliphatic heterocycles. The number of benzene rings is 2. The van der Waals surface area contributed by atoms with Crippen molar-refractivity contribution in [3.8, 4) is 11.5 Å². The van der Waals surface area contributed by atoms with E-state index in [1.165, 1.54) is 10.2 Å². The summed E-state index contributed by atoms with van der Waals surface area (Å²) >= 11 is 6.07. The Kier molecular flexibility index (Phi) is 6.72. The highest BCUT2D eigenvalue weighted by atomic mass is 35.5. The van der Waals surface area contributed by atoms with E-state index in [-0.39, 0.29) is 25.1 Å². The zero-order valence-electron chi connectivity index (χ0n) is 17.4. The van der Waals surface area contributed by atoms with E-state index in [0.29, 0.717) is 16.5 Å². The van der Waals surface area contributed by atoms with Gasteiger partial charge < -0.3 is 14.8 Å². The minimum Gasteiger partial charge on any atom is -0.471 e. The molecule has 1 N–H and O–H groups in total. The van der Waals surface area contributed by atoms with E-state index in [1.54, 1.807) is 41.5 Å². The molecule has 9 heteroatoms. The van der Waals surface area contributed by atoms with Gasteiger partial charge in [0.1, 0.15) is 11.5 Å². The fourth-order valence-electron chi connectivity index (χ4n) is 2.91. The van der Waals surface area contributed by atoms with Crippen molar-refractivity contribution in [2.45, 2.75) is 26.8 Å². The molecule has 4 aromatic rings. The molecule has 1 amide bonds. The summed E-state index contributed by atoms with van der Waals surface area (Å²) in [7, 11) is 0. The van der Waals surface area contributed by atoms with E-state index < -0.39 is 0 Å². The van der Waals surface area contributed by atoms with E-state index in [4.69, 9.17) is 21.1 Å². The number of amides is 1. The lowest BCUT2D eigenvalue weighted by molar-refractivity contribution is 0.102. The maximum absolute atomic E-state index is 12.5. The van der Waals surface area contributed by atoms with Gasteiger partial charge in [0, 0.05) is 6.20 Å².